The Morgan fingerprint density at radius 2 is 1.71 bits per heavy atom. The lowest BCUT2D eigenvalue weighted by molar-refractivity contribution is 0.151. The molecular weight excluding hydrogens is 270 g/mol. The average Bonchev–Trinajstić information content (AvgIpc) is 2.97. The third-order valence-corrected chi connectivity index (χ3v) is 4.29. The quantitative estimate of drug-likeness (QED) is 0.822. The highest BCUT2D eigenvalue weighted by molar-refractivity contribution is 5.23. The minimum Gasteiger partial charge on any atom is -0.311 e. The third kappa shape index (κ3) is 4.75. The van der Waals surface area contributed by atoms with Crippen molar-refractivity contribution < 1.29 is 8.78 Å². The lowest BCUT2D eigenvalue weighted by Crippen LogP contribution is -2.44. The fraction of sp³-hybridized carbons (Fsp3) is 0.647. The van der Waals surface area contributed by atoms with Crippen LogP contribution in [-0.4, -0.2) is 30.6 Å². The summed E-state index contributed by atoms with van der Waals surface area (Å²) in [6, 6.07) is 7.17. The average molecular weight is 296 g/mol. The Labute approximate surface area is 126 Å². The van der Waals surface area contributed by atoms with Crippen molar-refractivity contribution in [3.05, 3.63) is 35.4 Å². The van der Waals surface area contributed by atoms with Crippen LogP contribution < -0.4 is 5.32 Å². The van der Waals surface area contributed by atoms with Gasteiger partial charge in [-0.25, -0.2) is 8.78 Å². The van der Waals surface area contributed by atoms with E-state index in [1.807, 2.05) is 0 Å². The number of likely N-dealkylation sites (tertiary alicyclic amines) is 1. The first-order valence-corrected chi connectivity index (χ1v) is 7.89. The van der Waals surface area contributed by atoms with Crippen LogP contribution in [-0.2, 0) is 6.54 Å². The van der Waals surface area contributed by atoms with Crippen molar-refractivity contribution in [2.75, 3.05) is 19.6 Å². The topological polar surface area (TPSA) is 15.3 Å². The third-order valence-electron chi connectivity index (χ3n) is 4.29. The first kappa shape index (κ1) is 16.4. The second kappa shape index (κ2) is 7.85. The largest absolute Gasteiger partial charge is 0.311 e. The van der Waals surface area contributed by atoms with E-state index in [2.05, 4.69) is 24.1 Å². The lowest BCUT2D eigenvalue weighted by Gasteiger charge is -2.31. The molecule has 1 aromatic rings. The SMILES string of the molecule is CC(C)C(CNCc1ccc(C(F)F)cc1)N1CCCC1. The van der Waals surface area contributed by atoms with Gasteiger partial charge in [0.25, 0.3) is 6.43 Å². The molecule has 0 radical (unpaired) electrons. The van der Waals surface area contributed by atoms with Gasteiger partial charge in [0.15, 0.2) is 0 Å². The van der Waals surface area contributed by atoms with Gasteiger partial charge in [0.05, 0.1) is 0 Å². The maximum Gasteiger partial charge on any atom is 0.263 e. The van der Waals surface area contributed by atoms with E-state index in [0.29, 0.717) is 12.0 Å². The molecule has 4 heteroatoms. The molecule has 2 nitrogen and oxygen atoms in total. The van der Waals surface area contributed by atoms with Gasteiger partial charge in [0, 0.05) is 24.7 Å². The molecule has 118 valence electrons. The van der Waals surface area contributed by atoms with Crippen molar-refractivity contribution in [1.29, 1.82) is 0 Å². The van der Waals surface area contributed by atoms with Crippen LogP contribution in [0.2, 0.25) is 0 Å². The normalized spacial score (nSPS) is 17.8. The zero-order valence-electron chi connectivity index (χ0n) is 13.0. The number of alkyl halides is 2. The number of nitrogens with one attached hydrogen (secondary N) is 1. The summed E-state index contributed by atoms with van der Waals surface area (Å²) < 4.78 is 25.0. The minimum absolute atomic E-state index is 0.0934. The maximum atomic E-state index is 12.5. The van der Waals surface area contributed by atoms with Crippen molar-refractivity contribution in [3.8, 4) is 0 Å². The summed E-state index contributed by atoms with van der Waals surface area (Å²) in [6.07, 6.45) is 0.226. The van der Waals surface area contributed by atoms with Gasteiger partial charge in [-0.15, -0.1) is 0 Å². The highest BCUT2D eigenvalue weighted by Gasteiger charge is 2.23. The molecule has 1 fully saturated rings. The molecule has 21 heavy (non-hydrogen) atoms. The lowest BCUT2D eigenvalue weighted by atomic mass is 10.0. The zero-order chi connectivity index (χ0) is 15.2. The molecule has 1 unspecified atom stereocenters. The van der Waals surface area contributed by atoms with Gasteiger partial charge in [-0.05, 0) is 37.4 Å². The maximum absolute atomic E-state index is 12.5. The van der Waals surface area contributed by atoms with Crippen molar-refractivity contribution >= 4 is 0 Å². The van der Waals surface area contributed by atoms with E-state index >= 15 is 0 Å². The summed E-state index contributed by atoms with van der Waals surface area (Å²) in [5.74, 6) is 0.622. The van der Waals surface area contributed by atoms with Gasteiger partial charge in [0.2, 0.25) is 0 Å². The number of benzene rings is 1. The van der Waals surface area contributed by atoms with E-state index in [9.17, 15) is 8.78 Å². The number of hydrogen-bond donors (Lipinski definition) is 1. The summed E-state index contributed by atoms with van der Waals surface area (Å²) in [5, 5.41) is 3.48. The number of hydrogen-bond acceptors (Lipinski definition) is 2. The van der Waals surface area contributed by atoms with Crippen LogP contribution >= 0.6 is 0 Å². The van der Waals surface area contributed by atoms with Crippen molar-refractivity contribution in [1.82, 2.24) is 10.2 Å². The Morgan fingerprint density at radius 3 is 2.24 bits per heavy atom. The molecular formula is C17H26F2N2. The van der Waals surface area contributed by atoms with Crippen molar-refractivity contribution in [2.24, 2.45) is 5.92 Å². The molecule has 1 aliphatic rings. The first-order chi connectivity index (χ1) is 10.1. The Balaban J connectivity index is 1.81. The van der Waals surface area contributed by atoms with Gasteiger partial charge in [-0.1, -0.05) is 38.1 Å². The molecule has 0 amide bonds. The Kier molecular flexibility index (Phi) is 6.12. The molecule has 1 atom stereocenters. The Morgan fingerprint density at radius 1 is 1.10 bits per heavy atom. The Hall–Kier alpha value is -1.00. The number of nitrogens with zero attached hydrogens (tertiary/aromatic N) is 1. The fourth-order valence-corrected chi connectivity index (χ4v) is 3.01. The van der Waals surface area contributed by atoms with Gasteiger partial charge < -0.3 is 5.32 Å². The van der Waals surface area contributed by atoms with E-state index in [1.165, 1.54) is 38.1 Å². The highest BCUT2D eigenvalue weighted by Crippen LogP contribution is 2.19. The summed E-state index contributed by atoms with van der Waals surface area (Å²) >= 11 is 0. The summed E-state index contributed by atoms with van der Waals surface area (Å²) in [6.45, 7) is 8.63. The summed E-state index contributed by atoms with van der Waals surface area (Å²) in [5.41, 5.74) is 1.15. The molecule has 0 bridgehead atoms. The van der Waals surface area contributed by atoms with Crippen LogP contribution in [0.4, 0.5) is 8.78 Å². The zero-order valence-corrected chi connectivity index (χ0v) is 13.0. The smallest absolute Gasteiger partial charge is 0.263 e. The van der Waals surface area contributed by atoms with Crippen molar-refractivity contribution in [2.45, 2.75) is 45.7 Å². The molecule has 1 saturated heterocycles. The molecule has 1 aromatic carbocycles. The fourth-order valence-electron chi connectivity index (χ4n) is 3.01. The minimum atomic E-state index is -2.38. The number of rotatable bonds is 7. The molecule has 1 aliphatic heterocycles. The van der Waals surface area contributed by atoms with E-state index in [0.717, 1.165) is 18.7 Å². The second-order valence-electron chi connectivity index (χ2n) is 6.23. The predicted molar refractivity (Wildman–Crippen MR) is 82.5 cm³/mol. The van der Waals surface area contributed by atoms with Crippen LogP contribution in [0.5, 0.6) is 0 Å². The molecule has 0 aromatic heterocycles. The van der Waals surface area contributed by atoms with Gasteiger partial charge in [-0.3, -0.25) is 4.90 Å². The van der Waals surface area contributed by atoms with Crippen LogP contribution in [0, 0.1) is 5.92 Å². The standard InChI is InChI=1S/C17H26F2N2/c1-13(2)16(21-9-3-4-10-21)12-20-11-14-5-7-15(8-6-14)17(18)19/h5-8,13,16-17,20H,3-4,9-12H2,1-2H3. The van der Waals surface area contributed by atoms with E-state index in [4.69, 9.17) is 0 Å². The van der Waals surface area contributed by atoms with Crippen LogP contribution in [0.25, 0.3) is 0 Å². The molecule has 1 N–H and O–H groups in total. The van der Waals surface area contributed by atoms with E-state index in [1.54, 1.807) is 12.1 Å². The van der Waals surface area contributed by atoms with Crippen LogP contribution in [0.15, 0.2) is 24.3 Å². The second-order valence-corrected chi connectivity index (χ2v) is 6.23. The van der Waals surface area contributed by atoms with Crippen LogP contribution in [0.1, 0.15) is 44.2 Å². The van der Waals surface area contributed by atoms with Gasteiger partial charge in [0.1, 0.15) is 0 Å². The molecule has 2 rings (SSSR count). The molecule has 0 saturated carbocycles. The molecule has 0 aliphatic carbocycles. The molecule has 1 heterocycles. The predicted octanol–water partition coefficient (Wildman–Crippen LogP) is 3.83. The summed E-state index contributed by atoms with van der Waals surface area (Å²) in [7, 11) is 0. The van der Waals surface area contributed by atoms with E-state index < -0.39 is 6.43 Å². The number of halogens is 2. The first-order valence-electron chi connectivity index (χ1n) is 7.89. The Bertz CT molecular complexity index is 411. The van der Waals surface area contributed by atoms with E-state index in [-0.39, 0.29) is 5.56 Å². The molecule has 0 spiro atoms. The monoisotopic (exact) mass is 296 g/mol. The van der Waals surface area contributed by atoms with Gasteiger partial charge >= 0.3 is 0 Å². The van der Waals surface area contributed by atoms with Crippen molar-refractivity contribution in [3.63, 3.8) is 0 Å². The van der Waals surface area contributed by atoms with Gasteiger partial charge in [-0.2, -0.15) is 0 Å². The summed E-state index contributed by atoms with van der Waals surface area (Å²) in [4.78, 5) is 2.57. The van der Waals surface area contributed by atoms with Crippen LogP contribution in [0.3, 0.4) is 0 Å². The highest BCUT2D eigenvalue weighted by atomic mass is 19.3.